The monoisotopic (exact) mass is 365 g/mol. The second-order valence-corrected chi connectivity index (χ2v) is 7.03. The Kier molecular flexibility index (Phi) is 5.26. The number of carbonyl (C=O) groups is 2. The SMILES string of the molecule is CC(C)(NC(=O)c1nn(CCCC(=O)O)c2ccccc12)c1ccccc1. The number of aryl methyl sites for hydroxylation is 1. The number of amides is 1. The molecule has 1 heterocycles. The predicted molar refractivity (Wildman–Crippen MR) is 104 cm³/mol. The number of hydrogen-bond donors (Lipinski definition) is 2. The molecule has 3 aromatic rings. The molecule has 0 bridgehead atoms. The Morgan fingerprint density at radius 3 is 2.44 bits per heavy atom. The van der Waals surface area contributed by atoms with Crippen molar-refractivity contribution in [2.24, 2.45) is 0 Å². The van der Waals surface area contributed by atoms with Crippen molar-refractivity contribution in [3.63, 3.8) is 0 Å². The zero-order valence-electron chi connectivity index (χ0n) is 15.5. The lowest BCUT2D eigenvalue weighted by molar-refractivity contribution is -0.137. The topological polar surface area (TPSA) is 84.2 Å². The lowest BCUT2D eigenvalue weighted by atomic mass is 9.94. The molecule has 0 saturated heterocycles. The van der Waals surface area contributed by atoms with Gasteiger partial charge in [-0.1, -0.05) is 48.5 Å². The molecular weight excluding hydrogens is 342 g/mol. The van der Waals surface area contributed by atoms with Crippen molar-refractivity contribution in [1.29, 1.82) is 0 Å². The van der Waals surface area contributed by atoms with Gasteiger partial charge < -0.3 is 10.4 Å². The van der Waals surface area contributed by atoms with E-state index in [0.717, 1.165) is 16.5 Å². The van der Waals surface area contributed by atoms with E-state index >= 15 is 0 Å². The maximum Gasteiger partial charge on any atom is 0.303 e. The van der Waals surface area contributed by atoms with E-state index in [2.05, 4.69) is 10.4 Å². The second kappa shape index (κ2) is 7.61. The van der Waals surface area contributed by atoms with Crippen LogP contribution >= 0.6 is 0 Å². The fraction of sp³-hybridized carbons (Fsp3) is 0.286. The number of carboxylic acids is 1. The van der Waals surface area contributed by atoms with Gasteiger partial charge in [0.15, 0.2) is 5.69 Å². The number of aromatic nitrogens is 2. The van der Waals surface area contributed by atoms with E-state index in [0.29, 0.717) is 18.7 Å². The van der Waals surface area contributed by atoms with Crippen molar-refractivity contribution < 1.29 is 14.7 Å². The van der Waals surface area contributed by atoms with Crippen molar-refractivity contribution in [3.05, 3.63) is 65.9 Å². The van der Waals surface area contributed by atoms with Crippen LogP contribution in [0.5, 0.6) is 0 Å². The standard InChI is InChI=1S/C21H23N3O3/c1-21(2,15-9-4-3-5-10-15)22-20(27)19-16-11-6-7-12-17(16)24(23-19)14-8-13-18(25)26/h3-7,9-12H,8,13-14H2,1-2H3,(H,22,27)(H,25,26). The van der Waals surface area contributed by atoms with Crippen LogP contribution in [0.15, 0.2) is 54.6 Å². The number of rotatable bonds is 7. The van der Waals surface area contributed by atoms with Gasteiger partial charge in [-0.25, -0.2) is 0 Å². The van der Waals surface area contributed by atoms with Gasteiger partial charge >= 0.3 is 5.97 Å². The first-order chi connectivity index (χ1) is 12.9. The summed E-state index contributed by atoms with van der Waals surface area (Å²) in [7, 11) is 0. The molecule has 0 aliphatic heterocycles. The molecule has 2 aromatic carbocycles. The number of carbonyl (C=O) groups excluding carboxylic acids is 1. The number of aliphatic carboxylic acids is 1. The summed E-state index contributed by atoms with van der Waals surface area (Å²) >= 11 is 0. The predicted octanol–water partition coefficient (Wildman–Crippen LogP) is 3.57. The summed E-state index contributed by atoms with van der Waals surface area (Å²) < 4.78 is 1.71. The van der Waals surface area contributed by atoms with Crippen molar-refractivity contribution >= 4 is 22.8 Å². The second-order valence-electron chi connectivity index (χ2n) is 7.03. The molecule has 0 unspecified atom stereocenters. The molecule has 1 amide bonds. The molecule has 140 valence electrons. The third-order valence-corrected chi connectivity index (χ3v) is 4.56. The van der Waals surface area contributed by atoms with E-state index in [1.165, 1.54) is 0 Å². The number of carboxylic acid groups (broad SMARTS) is 1. The summed E-state index contributed by atoms with van der Waals surface area (Å²) in [5.41, 5.74) is 1.63. The minimum Gasteiger partial charge on any atom is -0.481 e. The Morgan fingerprint density at radius 2 is 1.74 bits per heavy atom. The van der Waals surface area contributed by atoms with Crippen LogP contribution in [-0.2, 0) is 16.9 Å². The van der Waals surface area contributed by atoms with Gasteiger partial charge in [0.05, 0.1) is 11.1 Å². The Hall–Kier alpha value is -3.15. The van der Waals surface area contributed by atoms with E-state index < -0.39 is 11.5 Å². The molecule has 0 atom stereocenters. The summed E-state index contributed by atoms with van der Waals surface area (Å²) in [6.45, 7) is 4.35. The minimum absolute atomic E-state index is 0.0662. The van der Waals surface area contributed by atoms with Gasteiger partial charge in [0.2, 0.25) is 0 Å². The normalized spacial score (nSPS) is 11.5. The van der Waals surface area contributed by atoms with Gasteiger partial charge in [-0.2, -0.15) is 5.10 Å². The highest BCUT2D eigenvalue weighted by atomic mass is 16.4. The number of nitrogens with zero attached hydrogens (tertiary/aromatic N) is 2. The van der Waals surface area contributed by atoms with E-state index in [4.69, 9.17) is 5.11 Å². The van der Waals surface area contributed by atoms with Gasteiger partial charge in [-0.15, -0.1) is 0 Å². The summed E-state index contributed by atoms with van der Waals surface area (Å²) in [6, 6.07) is 17.3. The lowest BCUT2D eigenvalue weighted by Gasteiger charge is -2.26. The molecule has 0 radical (unpaired) electrons. The van der Waals surface area contributed by atoms with Crippen LogP contribution in [0, 0.1) is 0 Å². The molecule has 0 fully saturated rings. The maximum absolute atomic E-state index is 13.0. The van der Waals surface area contributed by atoms with Crippen molar-refractivity contribution in [1.82, 2.24) is 15.1 Å². The fourth-order valence-corrected chi connectivity index (χ4v) is 3.12. The van der Waals surface area contributed by atoms with Gasteiger partial charge in [-0.05, 0) is 31.9 Å². The number of benzene rings is 2. The van der Waals surface area contributed by atoms with E-state index in [-0.39, 0.29) is 12.3 Å². The maximum atomic E-state index is 13.0. The third-order valence-electron chi connectivity index (χ3n) is 4.56. The fourth-order valence-electron chi connectivity index (χ4n) is 3.12. The lowest BCUT2D eigenvalue weighted by Crippen LogP contribution is -2.41. The Bertz CT molecular complexity index is 961. The van der Waals surface area contributed by atoms with Gasteiger partial charge in [0.1, 0.15) is 0 Å². The van der Waals surface area contributed by atoms with Crippen LogP contribution in [0.25, 0.3) is 10.9 Å². The highest BCUT2D eigenvalue weighted by molar-refractivity contribution is 6.05. The molecule has 2 N–H and O–H groups in total. The smallest absolute Gasteiger partial charge is 0.303 e. The highest BCUT2D eigenvalue weighted by Gasteiger charge is 2.26. The molecule has 6 nitrogen and oxygen atoms in total. The quantitative estimate of drug-likeness (QED) is 0.670. The number of para-hydroxylation sites is 1. The molecule has 0 aliphatic carbocycles. The third kappa shape index (κ3) is 4.16. The Balaban J connectivity index is 1.87. The van der Waals surface area contributed by atoms with Crippen LogP contribution in [0.1, 0.15) is 42.7 Å². The number of nitrogens with one attached hydrogen (secondary N) is 1. The minimum atomic E-state index is -0.839. The number of hydrogen-bond acceptors (Lipinski definition) is 3. The van der Waals surface area contributed by atoms with E-state index in [1.54, 1.807) is 4.68 Å². The van der Waals surface area contributed by atoms with E-state index in [9.17, 15) is 9.59 Å². The molecule has 1 aromatic heterocycles. The van der Waals surface area contributed by atoms with Gasteiger partial charge in [0, 0.05) is 18.4 Å². The summed E-state index contributed by atoms with van der Waals surface area (Å²) in [5, 5.41) is 17.1. The van der Waals surface area contributed by atoms with Crippen LogP contribution < -0.4 is 5.32 Å². The van der Waals surface area contributed by atoms with Crippen LogP contribution in [-0.4, -0.2) is 26.8 Å². The Morgan fingerprint density at radius 1 is 1.07 bits per heavy atom. The highest BCUT2D eigenvalue weighted by Crippen LogP contribution is 2.23. The molecule has 27 heavy (non-hydrogen) atoms. The molecule has 3 rings (SSSR count). The molecular formula is C21H23N3O3. The molecule has 0 spiro atoms. The first-order valence-corrected chi connectivity index (χ1v) is 8.94. The van der Waals surface area contributed by atoms with Crippen molar-refractivity contribution in [2.45, 2.75) is 38.8 Å². The average Bonchev–Trinajstić information content (AvgIpc) is 3.01. The zero-order valence-corrected chi connectivity index (χ0v) is 15.5. The van der Waals surface area contributed by atoms with Gasteiger partial charge in [0.25, 0.3) is 5.91 Å². The van der Waals surface area contributed by atoms with Crippen LogP contribution in [0.2, 0.25) is 0 Å². The first kappa shape index (κ1) is 18.6. The van der Waals surface area contributed by atoms with Crippen LogP contribution in [0.3, 0.4) is 0 Å². The zero-order chi connectivity index (χ0) is 19.4. The van der Waals surface area contributed by atoms with E-state index in [1.807, 2.05) is 68.4 Å². The van der Waals surface area contributed by atoms with Crippen molar-refractivity contribution in [2.75, 3.05) is 0 Å². The van der Waals surface area contributed by atoms with Crippen LogP contribution in [0.4, 0.5) is 0 Å². The first-order valence-electron chi connectivity index (χ1n) is 8.94. The summed E-state index contributed by atoms with van der Waals surface area (Å²) in [4.78, 5) is 23.7. The molecule has 0 saturated carbocycles. The van der Waals surface area contributed by atoms with Gasteiger partial charge in [-0.3, -0.25) is 14.3 Å². The van der Waals surface area contributed by atoms with Crippen molar-refractivity contribution in [3.8, 4) is 0 Å². The summed E-state index contributed by atoms with van der Waals surface area (Å²) in [6.07, 6.45) is 0.522. The molecule has 0 aliphatic rings. The molecule has 6 heteroatoms. The number of fused-ring (bicyclic) bond motifs is 1. The Labute approximate surface area is 157 Å². The average molecular weight is 365 g/mol. The summed E-state index contributed by atoms with van der Waals surface area (Å²) in [5.74, 6) is -1.09. The largest absolute Gasteiger partial charge is 0.481 e.